The van der Waals surface area contributed by atoms with E-state index < -0.39 is 0 Å². The van der Waals surface area contributed by atoms with Crippen LogP contribution in [0.25, 0.3) is 11.3 Å². The number of nitrogens with one attached hydrogen (secondary N) is 1. The van der Waals surface area contributed by atoms with Crippen LogP contribution in [-0.2, 0) is 0 Å². The average Bonchev–Trinajstić information content (AvgIpc) is 2.70. The number of aromatic amines is 1. The zero-order chi connectivity index (χ0) is 10.8. The van der Waals surface area contributed by atoms with Gasteiger partial charge in [-0.15, -0.1) is 0 Å². The Labute approximate surface area is 93.4 Å². The monoisotopic (exact) mass is 268 g/mol. The lowest BCUT2D eigenvalue weighted by atomic mass is 10.1. The molecule has 1 aromatic heterocycles. The van der Waals surface area contributed by atoms with Crippen molar-refractivity contribution in [3.63, 3.8) is 0 Å². The minimum Gasteiger partial charge on any atom is -0.296 e. The summed E-state index contributed by atoms with van der Waals surface area (Å²) in [4.78, 5) is 10.4. The van der Waals surface area contributed by atoms with E-state index >= 15 is 0 Å². The number of aldehydes is 1. The number of hydrogen-bond donors (Lipinski definition) is 1. The van der Waals surface area contributed by atoms with Gasteiger partial charge in [-0.05, 0) is 24.3 Å². The van der Waals surface area contributed by atoms with Crippen molar-refractivity contribution in [2.75, 3.05) is 0 Å². The van der Waals surface area contributed by atoms with Crippen molar-refractivity contribution in [3.05, 3.63) is 40.2 Å². The highest BCUT2D eigenvalue weighted by molar-refractivity contribution is 9.10. The van der Waals surface area contributed by atoms with E-state index in [0.717, 1.165) is 4.47 Å². The Morgan fingerprint density at radius 1 is 1.40 bits per heavy atom. The van der Waals surface area contributed by atoms with Crippen LogP contribution in [0.1, 0.15) is 10.5 Å². The SMILES string of the molecule is O=Cc1cc(-c2cc(Br)ccc2F)n[nH]1. The molecule has 2 aromatic rings. The molecule has 0 atom stereocenters. The van der Waals surface area contributed by atoms with Gasteiger partial charge in [0.05, 0.1) is 11.4 Å². The number of nitrogens with zero attached hydrogens (tertiary/aromatic N) is 1. The first kappa shape index (κ1) is 10.0. The first-order valence-electron chi connectivity index (χ1n) is 4.16. The number of aromatic nitrogens is 2. The molecule has 76 valence electrons. The predicted molar refractivity (Wildman–Crippen MR) is 57.1 cm³/mol. The average molecular weight is 269 g/mol. The topological polar surface area (TPSA) is 45.8 Å². The maximum Gasteiger partial charge on any atom is 0.167 e. The van der Waals surface area contributed by atoms with Gasteiger partial charge in [0, 0.05) is 10.0 Å². The molecule has 0 radical (unpaired) electrons. The van der Waals surface area contributed by atoms with Crippen LogP contribution in [0, 0.1) is 5.82 Å². The van der Waals surface area contributed by atoms with Gasteiger partial charge in [0.25, 0.3) is 0 Å². The Bertz CT molecular complexity index is 510. The second kappa shape index (κ2) is 3.94. The fourth-order valence-electron chi connectivity index (χ4n) is 1.23. The molecule has 0 spiro atoms. The number of rotatable bonds is 2. The first-order valence-corrected chi connectivity index (χ1v) is 4.96. The van der Waals surface area contributed by atoms with Gasteiger partial charge in [0.1, 0.15) is 5.82 Å². The van der Waals surface area contributed by atoms with Gasteiger partial charge in [-0.3, -0.25) is 9.89 Å². The molecule has 2 rings (SSSR count). The third-order valence-corrected chi connectivity index (χ3v) is 2.42. The molecule has 0 aliphatic rings. The normalized spacial score (nSPS) is 10.3. The van der Waals surface area contributed by atoms with Gasteiger partial charge in [0.2, 0.25) is 0 Å². The van der Waals surface area contributed by atoms with Crippen molar-refractivity contribution in [2.45, 2.75) is 0 Å². The molecule has 0 aliphatic carbocycles. The van der Waals surface area contributed by atoms with Crippen LogP contribution in [0.4, 0.5) is 4.39 Å². The second-order valence-electron chi connectivity index (χ2n) is 2.95. The highest BCUT2D eigenvalue weighted by atomic mass is 79.9. The fourth-order valence-corrected chi connectivity index (χ4v) is 1.59. The van der Waals surface area contributed by atoms with E-state index in [1.807, 2.05) is 0 Å². The molecule has 0 unspecified atom stereocenters. The van der Waals surface area contributed by atoms with Crippen LogP contribution in [0.3, 0.4) is 0 Å². The van der Waals surface area contributed by atoms with Gasteiger partial charge in [-0.25, -0.2) is 4.39 Å². The quantitative estimate of drug-likeness (QED) is 0.852. The summed E-state index contributed by atoms with van der Waals surface area (Å²) in [7, 11) is 0. The number of benzene rings is 1. The molecule has 15 heavy (non-hydrogen) atoms. The summed E-state index contributed by atoms with van der Waals surface area (Å²) in [6.45, 7) is 0. The van der Waals surface area contributed by atoms with Crippen molar-refractivity contribution >= 4 is 22.2 Å². The largest absolute Gasteiger partial charge is 0.296 e. The Balaban J connectivity index is 2.52. The minimum atomic E-state index is -0.373. The molecule has 0 saturated heterocycles. The van der Waals surface area contributed by atoms with E-state index in [1.165, 1.54) is 12.1 Å². The lowest BCUT2D eigenvalue weighted by Gasteiger charge is -1.99. The Morgan fingerprint density at radius 3 is 2.87 bits per heavy atom. The number of carbonyl (C=O) groups excluding carboxylic acids is 1. The molecule has 1 heterocycles. The molecule has 5 heteroatoms. The molecule has 0 fully saturated rings. The lowest BCUT2D eigenvalue weighted by molar-refractivity contribution is 0.111. The third-order valence-electron chi connectivity index (χ3n) is 1.93. The predicted octanol–water partition coefficient (Wildman–Crippen LogP) is 2.79. The first-order chi connectivity index (χ1) is 7.20. The summed E-state index contributed by atoms with van der Waals surface area (Å²) < 4.78 is 14.2. The van der Waals surface area contributed by atoms with Gasteiger partial charge < -0.3 is 0 Å². The molecule has 1 N–H and O–H groups in total. The second-order valence-corrected chi connectivity index (χ2v) is 3.87. The summed E-state index contributed by atoms with van der Waals surface area (Å²) in [6, 6.07) is 6.05. The highest BCUT2D eigenvalue weighted by Gasteiger charge is 2.09. The van der Waals surface area contributed by atoms with E-state index in [9.17, 15) is 9.18 Å². The summed E-state index contributed by atoms with van der Waals surface area (Å²) in [5, 5.41) is 6.34. The summed E-state index contributed by atoms with van der Waals surface area (Å²) >= 11 is 3.24. The van der Waals surface area contributed by atoms with Crippen LogP contribution in [0.15, 0.2) is 28.7 Å². The van der Waals surface area contributed by atoms with Crippen LogP contribution in [0.5, 0.6) is 0 Å². The zero-order valence-corrected chi connectivity index (χ0v) is 9.08. The maximum absolute atomic E-state index is 13.4. The Hall–Kier alpha value is -1.49. The molecule has 0 aliphatic heterocycles. The van der Waals surface area contributed by atoms with Gasteiger partial charge in [-0.1, -0.05) is 15.9 Å². The van der Waals surface area contributed by atoms with E-state index in [-0.39, 0.29) is 5.82 Å². The Morgan fingerprint density at radius 2 is 2.20 bits per heavy atom. The van der Waals surface area contributed by atoms with Crippen LogP contribution in [-0.4, -0.2) is 16.5 Å². The van der Waals surface area contributed by atoms with Crippen LogP contribution >= 0.6 is 15.9 Å². The Kier molecular flexibility index (Phi) is 2.64. The smallest absolute Gasteiger partial charge is 0.167 e. The molecular weight excluding hydrogens is 263 g/mol. The highest BCUT2D eigenvalue weighted by Crippen LogP contribution is 2.24. The molecule has 1 aromatic carbocycles. The summed E-state index contributed by atoms with van der Waals surface area (Å²) in [5.41, 5.74) is 1.09. The maximum atomic E-state index is 13.4. The number of carbonyl (C=O) groups is 1. The molecule has 0 bridgehead atoms. The number of hydrogen-bond acceptors (Lipinski definition) is 2. The van der Waals surface area contributed by atoms with Crippen molar-refractivity contribution in [2.24, 2.45) is 0 Å². The number of halogens is 2. The van der Waals surface area contributed by atoms with Gasteiger partial charge >= 0.3 is 0 Å². The van der Waals surface area contributed by atoms with Crippen molar-refractivity contribution < 1.29 is 9.18 Å². The number of H-pyrrole nitrogens is 1. The summed E-state index contributed by atoms with van der Waals surface area (Å²) in [6.07, 6.45) is 0.631. The van der Waals surface area contributed by atoms with Gasteiger partial charge in [-0.2, -0.15) is 5.10 Å². The standard InChI is InChI=1S/C10H6BrFN2O/c11-6-1-2-9(12)8(3-6)10-4-7(5-15)13-14-10/h1-5H,(H,13,14). The van der Waals surface area contributed by atoms with Crippen LogP contribution in [0.2, 0.25) is 0 Å². The van der Waals surface area contributed by atoms with Crippen molar-refractivity contribution in [3.8, 4) is 11.3 Å². The third kappa shape index (κ3) is 1.97. The van der Waals surface area contributed by atoms with Crippen molar-refractivity contribution in [1.82, 2.24) is 10.2 Å². The van der Waals surface area contributed by atoms with E-state index in [1.54, 1.807) is 12.1 Å². The van der Waals surface area contributed by atoms with E-state index in [2.05, 4.69) is 26.1 Å². The molecule has 0 amide bonds. The van der Waals surface area contributed by atoms with Gasteiger partial charge in [0.15, 0.2) is 6.29 Å². The minimum absolute atomic E-state index is 0.323. The zero-order valence-electron chi connectivity index (χ0n) is 7.50. The molecule has 0 saturated carbocycles. The van der Waals surface area contributed by atoms with E-state index in [4.69, 9.17) is 0 Å². The van der Waals surface area contributed by atoms with E-state index in [0.29, 0.717) is 23.2 Å². The fraction of sp³-hybridized carbons (Fsp3) is 0. The lowest BCUT2D eigenvalue weighted by Crippen LogP contribution is -1.84. The molecular formula is C10H6BrFN2O. The van der Waals surface area contributed by atoms with Crippen molar-refractivity contribution in [1.29, 1.82) is 0 Å². The molecule has 3 nitrogen and oxygen atoms in total. The summed E-state index contributed by atoms with van der Waals surface area (Å²) in [5.74, 6) is -0.373. The van der Waals surface area contributed by atoms with Crippen LogP contribution < -0.4 is 0 Å².